The second-order valence-corrected chi connectivity index (χ2v) is 4.57. The minimum Gasteiger partial charge on any atom is -0.327 e. The number of hydrogen-bond acceptors (Lipinski definition) is 3. The number of aryl methyl sites for hydroxylation is 1. The largest absolute Gasteiger partial charge is 0.327 e. The highest BCUT2D eigenvalue weighted by molar-refractivity contribution is 5.94. The highest BCUT2D eigenvalue weighted by Crippen LogP contribution is 2.33. The van der Waals surface area contributed by atoms with Crippen LogP contribution in [-0.4, -0.2) is 21.6 Å². The Kier molecular flexibility index (Phi) is 3.39. The third-order valence-corrected chi connectivity index (χ3v) is 3.09. The van der Waals surface area contributed by atoms with Crippen molar-refractivity contribution >= 4 is 5.78 Å². The summed E-state index contributed by atoms with van der Waals surface area (Å²) in [7, 11) is 0. The molecule has 1 aromatic rings. The molecule has 1 fully saturated rings. The van der Waals surface area contributed by atoms with Crippen molar-refractivity contribution in [3.8, 4) is 0 Å². The van der Waals surface area contributed by atoms with E-state index in [1.54, 1.807) is 16.9 Å². The summed E-state index contributed by atoms with van der Waals surface area (Å²) in [5.41, 5.74) is 6.67. The van der Waals surface area contributed by atoms with Gasteiger partial charge in [0.05, 0.1) is 0 Å². The molecule has 2 rings (SSSR count). The van der Waals surface area contributed by atoms with Crippen LogP contribution < -0.4 is 5.73 Å². The van der Waals surface area contributed by atoms with Crippen molar-refractivity contribution in [2.24, 2.45) is 11.7 Å². The lowest BCUT2D eigenvalue weighted by Crippen LogP contribution is -2.27. The van der Waals surface area contributed by atoms with E-state index < -0.39 is 0 Å². The number of ketones is 1. The molecule has 1 saturated carbocycles. The maximum Gasteiger partial charge on any atom is 0.182 e. The highest BCUT2D eigenvalue weighted by atomic mass is 16.1. The number of hydrogen-bond donors (Lipinski definition) is 1. The van der Waals surface area contributed by atoms with E-state index in [9.17, 15) is 4.79 Å². The van der Waals surface area contributed by atoms with Gasteiger partial charge in [-0.3, -0.25) is 9.48 Å². The summed E-state index contributed by atoms with van der Waals surface area (Å²) in [5, 5.41) is 4.15. The van der Waals surface area contributed by atoms with E-state index in [1.165, 1.54) is 12.8 Å². The summed E-state index contributed by atoms with van der Waals surface area (Å²) in [4.78, 5) is 12.0. The van der Waals surface area contributed by atoms with E-state index in [4.69, 9.17) is 5.73 Å². The number of nitrogens with zero attached hydrogens (tertiary/aromatic N) is 2. The van der Waals surface area contributed by atoms with Crippen LogP contribution in [0, 0.1) is 5.92 Å². The Balaban J connectivity index is 1.98. The van der Waals surface area contributed by atoms with E-state index in [1.807, 2.05) is 0 Å². The Labute approximate surface area is 95.8 Å². The van der Waals surface area contributed by atoms with Gasteiger partial charge in [0.15, 0.2) is 5.78 Å². The lowest BCUT2D eigenvalue weighted by atomic mass is 10.1. The summed E-state index contributed by atoms with van der Waals surface area (Å²) in [6.07, 6.45) is 5.49. The minimum absolute atomic E-state index is 0.0393. The summed E-state index contributed by atoms with van der Waals surface area (Å²) in [5.74, 6) is 0.705. The number of carbonyl (C=O) groups is 1. The SMILES string of the molecule is CCCn1nccc1C(=O)CC(N)C1CC1. The van der Waals surface area contributed by atoms with Crippen LogP contribution in [0.5, 0.6) is 0 Å². The zero-order chi connectivity index (χ0) is 11.5. The van der Waals surface area contributed by atoms with Crippen LogP contribution in [0.1, 0.15) is 43.1 Å². The van der Waals surface area contributed by atoms with E-state index in [2.05, 4.69) is 12.0 Å². The molecule has 0 bridgehead atoms. The first-order valence-corrected chi connectivity index (χ1v) is 6.03. The third-order valence-electron chi connectivity index (χ3n) is 3.09. The number of carbonyl (C=O) groups excluding carboxylic acids is 1. The fourth-order valence-corrected chi connectivity index (χ4v) is 1.97. The highest BCUT2D eigenvalue weighted by Gasteiger charge is 2.30. The molecule has 0 aliphatic heterocycles. The molecule has 2 N–H and O–H groups in total. The van der Waals surface area contributed by atoms with Gasteiger partial charge in [-0.2, -0.15) is 5.10 Å². The number of Topliss-reactive ketones (excluding diaryl/α,β-unsaturated/α-hetero) is 1. The van der Waals surface area contributed by atoms with Gasteiger partial charge in [-0.05, 0) is 31.2 Å². The number of nitrogens with two attached hydrogens (primary N) is 1. The predicted octanol–water partition coefficient (Wildman–Crippen LogP) is 1.60. The predicted molar refractivity (Wildman–Crippen MR) is 62.2 cm³/mol. The zero-order valence-corrected chi connectivity index (χ0v) is 9.72. The summed E-state index contributed by atoms with van der Waals surface area (Å²) < 4.78 is 1.78. The quantitative estimate of drug-likeness (QED) is 0.742. The van der Waals surface area contributed by atoms with Crippen molar-refractivity contribution in [2.75, 3.05) is 0 Å². The zero-order valence-electron chi connectivity index (χ0n) is 9.72. The van der Waals surface area contributed by atoms with Crippen molar-refractivity contribution in [1.29, 1.82) is 0 Å². The lowest BCUT2D eigenvalue weighted by Gasteiger charge is -2.10. The maximum atomic E-state index is 12.0. The fourth-order valence-electron chi connectivity index (χ4n) is 1.97. The summed E-state index contributed by atoms with van der Waals surface area (Å²) >= 11 is 0. The number of aromatic nitrogens is 2. The Morgan fingerprint density at radius 2 is 2.44 bits per heavy atom. The van der Waals surface area contributed by atoms with Crippen molar-refractivity contribution in [2.45, 2.75) is 45.2 Å². The molecule has 88 valence electrons. The van der Waals surface area contributed by atoms with Gasteiger partial charge in [0.1, 0.15) is 5.69 Å². The summed E-state index contributed by atoms with van der Waals surface area (Å²) in [6, 6.07) is 1.83. The van der Waals surface area contributed by atoms with E-state index >= 15 is 0 Å². The van der Waals surface area contributed by atoms with Crippen LogP contribution in [0.25, 0.3) is 0 Å². The van der Waals surface area contributed by atoms with Gasteiger partial charge in [-0.25, -0.2) is 0 Å². The van der Waals surface area contributed by atoms with Crippen LogP contribution in [0.2, 0.25) is 0 Å². The van der Waals surface area contributed by atoms with Gasteiger partial charge in [0, 0.05) is 25.2 Å². The Morgan fingerprint density at radius 3 is 3.06 bits per heavy atom. The maximum absolute atomic E-state index is 12.0. The van der Waals surface area contributed by atoms with Crippen molar-refractivity contribution < 1.29 is 4.79 Å². The Bertz CT molecular complexity index is 368. The van der Waals surface area contributed by atoms with Gasteiger partial charge in [0.2, 0.25) is 0 Å². The molecular formula is C12H19N3O. The molecule has 4 nitrogen and oxygen atoms in total. The monoisotopic (exact) mass is 221 g/mol. The van der Waals surface area contributed by atoms with Crippen LogP contribution in [0.15, 0.2) is 12.3 Å². The molecule has 16 heavy (non-hydrogen) atoms. The molecule has 4 heteroatoms. The van der Waals surface area contributed by atoms with Gasteiger partial charge in [-0.15, -0.1) is 0 Å². The number of rotatable bonds is 6. The molecule has 0 saturated heterocycles. The van der Waals surface area contributed by atoms with E-state index in [-0.39, 0.29) is 11.8 Å². The Morgan fingerprint density at radius 1 is 1.69 bits per heavy atom. The van der Waals surface area contributed by atoms with Gasteiger partial charge < -0.3 is 5.73 Å². The van der Waals surface area contributed by atoms with Crippen LogP contribution in [-0.2, 0) is 6.54 Å². The molecule has 1 aliphatic carbocycles. The van der Waals surface area contributed by atoms with Crippen LogP contribution in [0.4, 0.5) is 0 Å². The molecule has 1 aromatic heterocycles. The van der Waals surface area contributed by atoms with Crippen molar-refractivity contribution in [1.82, 2.24) is 9.78 Å². The Hall–Kier alpha value is -1.16. The topological polar surface area (TPSA) is 60.9 Å². The molecule has 1 heterocycles. The standard InChI is InChI=1S/C12H19N3O/c1-2-7-15-11(5-6-14-15)12(16)8-10(13)9-3-4-9/h5-6,9-10H,2-4,7-8,13H2,1H3. The fraction of sp³-hybridized carbons (Fsp3) is 0.667. The van der Waals surface area contributed by atoms with E-state index in [0.29, 0.717) is 18.0 Å². The first-order chi connectivity index (χ1) is 7.72. The minimum atomic E-state index is 0.0393. The smallest absolute Gasteiger partial charge is 0.182 e. The molecule has 1 aliphatic rings. The molecule has 0 spiro atoms. The normalized spacial score (nSPS) is 17.4. The second kappa shape index (κ2) is 4.78. The average molecular weight is 221 g/mol. The third kappa shape index (κ3) is 2.50. The van der Waals surface area contributed by atoms with Crippen LogP contribution in [0.3, 0.4) is 0 Å². The first kappa shape index (κ1) is 11.3. The van der Waals surface area contributed by atoms with Crippen molar-refractivity contribution in [3.63, 3.8) is 0 Å². The molecule has 0 aromatic carbocycles. The average Bonchev–Trinajstić information content (AvgIpc) is 3.00. The van der Waals surface area contributed by atoms with Crippen molar-refractivity contribution in [3.05, 3.63) is 18.0 Å². The lowest BCUT2D eigenvalue weighted by molar-refractivity contribution is 0.0960. The molecule has 1 unspecified atom stereocenters. The molecular weight excluding hydrogens is 202 g/mol. The van der Waals surface area contributed by atoms with Gasteiger partial charge in [0.25, 0.3) is 0 Å². The molecule has 1 atom stereocenters. The van der Waals surface area contributed by atoms with Gasteiger partial charge in [-0.1, -0.05) is 6.92 Å². The van der Waals surface area contributed by atoms with Crippen LogP contribution >= 0.6 is 0 Å². The van der Waals surface area contributed by atoms with Gasteiger partial charge >= 0.3 is 0 Å². The molecule has 0 amide bonds. The summed E-state index contributed by atoms with van der Waals surface area (Å²) in [6.45, 7) is 2.87. The first-order valence-electron chi connectivity index (χ1n) is 6.03. The van der Waals surface area contributed by atoms with E-state index in [0.717, 1.165) is 13.0 Å². The molecule has 0 radical (unpaired) electrons. The second-order valence-electron chi connectivity index (χ2n) is 4.57.